The van der Waals surface area contributed by atoms with E-state index >= 15 is 0 Å². The smallest absolute Gasteiger partial charge is 0.231 e. The van der Waals surface area contributed by atoms with Crippen molar-refractivity contribution in [2.45, 2.75) is 38.8 Å². The maximum Gasteiger partial charge on any atom is 0.231 e. The number of nitrogens with one attached hydrogen (secondary N) is 1. The minimum Gasteiger partial charge on any atom is -0.339 e. The third-order valence-electron chi connectivity index (χ3n) is 4.70. The summed E-state index contributed by atoms with van der Waals surface area (Å²) in [5, 5.41) is 7.65. The molecule has 6 nitrogen and oxygen atoms in total. The van der Waals surface area contributed by atoms with Gasteiger partial charge in [-0.05, 0) is 13.5 Å². The monoisotopic (exact) mass is 279 g/mol. The number of rotatable bonds is 5. The summed E-state index contributed by atoms with van der Waals surface area (Å²) in [5.74, 6) is 1.86. The lowest BCUT2D eigenvalue weighted by atomic mass is 10.0. The molecule has 0 amide bonds. The van der Waals surface area contributed by atoms with E-state index in [1.54, 1.807) is 0 Å². The van der Waals surface area contributed by atoms with E-state index in [9.17, 15) is 0 Å². The third kappa shape index (κ3) is 2.60. The fourth-order valence-corrected chi connectivity index (χ4v) is 3.14. The Bertz CT molecular complexity index is 441. The van der Waals surface area contributed by atoms with E-state index < -0.39 is 0 Å². The summed E-state index contributed by atoms with van der Waals surface area (Å²) in [5.41, 5.74) is 0. The molecule has 4 rings (SSSR count). The van der Waals surface area contributed by atoms with Crippen LogP contribution in [0.4, 0.5) is 0 Å². The van der Waals surface area contributed by atoms with Crippen LogP contribution in [0.3, 0.4) is 0 Å². The fourth-order valence-electron chi connectivity index (χ4n) is 3.14. The van der Waals surface area contributed by atoms with Crippen LogP contribution in [-0.4, -0.2) is 65.3 Å². The van der Waals surface area contributed by atoms with Gasteiger partial charge in [0.25, 0.3) is 0 Å². The molecule has 0 spiro atoms. The highest BCUT2D eigenvalue weighted by atomic mass is 16.5. The minimum absolute atomic E-state index is 0.243. The Morgan fingerprint density at radius 1 is 1.30 bits per heavy atom. The Balaban J connectivity index is 1.70. The number of fused-ring (bicyclic) bond motifs is 3. The molecule has 20 heavy (non-hydrogen) atoms. The second kappa shape index (κ2) is 5.79. The van der Waals surface area contributed by atoms with Crippen LogP contribution in [0.2, 0.25) is 0 Å². The normalized spacial score (nSPS) is 32.2. The molecule has 1 N–H and O–H groups in total. The molecule has 0 radical (unpaired) electrons. The third-order valence-corrected chi connectivity index (χ3v) is 4.70. The van der Waals surface area contributed by atoms with Crippen LogP contribution in [0.25, 0.3) is 0 Å². The van der Waals surface area contributed by atoms with Gasteiger partial charge in [-0.25, -0.2) is 0 Å². The summed E-state index contributed by atoms with van der Waals surface area (Å²) in [6.45, 7) is 13.0. The summed E-state index contributed by atoms with van der Waals surface area (Å²) in [4.78, 5) is 9.64. The molecule has 6 heteroatoms. The molecule has 1 aromatic heterocycles. The Morgan fingerprint density at radius 2 is 2.05 bits per heavy atom. The highest BCUT2D eigenvalue weighted by Crippen LogP contribution is 2.28. The summed E-state index contributed by atoms with van der Waals surface area (Å²) in [6.07, 6.45) is 0. The van der Waals surface area contributed by atoms with E-state index in [1.165, 1.54) is 13.1 Å². The number of hydrogen-bond acceptors (Lipinski definition) is 6. The lowest BCUT2D eigenvalue weighted by Crippen LogP contribution is -2.57. The molecule has 0 aliphatic carbocycles. The number of likely N-dealkylation sites (N-methyl/N-ethyl adjacent to an activating group) is 1. The van der Waals surface area contributed by atoms with Crippen molar-refractivity contribution in [3.63, 3.8) is 0 Å². The van der Waals surface area contributed by atoms with E-state index in [0.29, 0.717) is 12.1 Å². The molecule has 3 atom stereocenters. The molecule has 3 unspecified atom stereocenters. The van der Waals surface area contributed by atoms with Gasteiger partial charge in [0.1, 0.15) is 0 Å². The number of aromatic nitrogens is 2. The van der Waals surface area contributed by atoms with Gasteiger partial charge in [0.15, 0.2) is 5.82 Å². The van der Waals surface area contributed by atoms with Crippen molar-refractivity contribution >= 4 is 0 Å². The van der Waals surface area contributed by atoms with Crippen LogP contribution in [0.15, 0.2) is 4.52 Å². The van der Waals surface area contributed by atoms with Crippen LogP contribution < -0.4 is 5.32 Å². The van der Waals surface area contributed by atoms with E-state index in [-0.39, 0.29) is 5.92 Å². The molecule has 3 aliphatic heterocycles. The van der Waals surface area contributed by atoms with Crippen molar-refractivity contribution in [2.24, 2.45) is 0 Å². The first-order valence-electron chi connectivity index (χ1n) is 7.72. The van der Waals surface area contributed by atoms with Crippen LogP contribution in [0.1, 0.15) is 44.4 Å². The van der Waals surface area contributed by atoms with E-state index in [0.717, 1.165) is 37.9 Å². The van der Waals surface area contributed by atoms with Gasteiger partial charge in [0.2, 0.25) is 5.89 Å². The second-order valence-electron chi connectivity index (χ2n) is 5.98. The molecular weight excluding hydrogens is 254 g/mol. The highest BCUT2D eigenvalue weighted by molar-refractivity contribution is 5.04. The minimum atomic E-state index is 0.243. The Hall–Kier alpha value is -0.980. The van der Waals surface area contributed by atoms with Gasteiger partial charge >= 0.3 is 0 Å². The second-order valence-corrected chi connectivity index (χ2v) is 5.98. The lowest BCUT2D eigenvalue weighted by Gasteiger charge is -2.46. The Kier molecular flexibility index (Phi) is 4.05. The van der Waals surface area contributed by atoms with Gasteiger partial charge in [-0.3, -0.25) is 9.80 Å². The standard InChI is InChI=1S/C14H25N5O/c1-4-15-11(3)10(2)14-16-13(17-20-14)12-9-18-5-7-19(12)8-6-18/h10-12,15H,4-9H2,1-3H3. The maximum atomic E-state index is 5.51. The molecule has 112 valence electrons. The van der Waals surface area contributed by atoms with E-state index in [1.807, 2.05) is 0 Å². The van der Waals surface area contributed by atoms with Gasteiger partial charge < -0.3 is 9.84 Å². The SMILES string of the molecule is CCNC(C)C(C)c1nc(C2CN3CCN2CC3)no1. The van der Waals surface area contributed by atoms with Crippen molar-refractivity contribution < 1.29 is 4.52 Å². The Labute approximate surface area is 120 Å². The van der Waals surface area contributed by atoms with Crippen molar-refractivity contribution in [2.75, 3.05) is 39.3 Å². The molecule has 0 aromatic carbocycles. The first-order chi connectivity index (χ1) is 9.69. The Morgan fingerprint density at radius 3 is 2.65 bits per heavy atom. The molecule has 0 saturated carbocycles. The largest absolute Gasteiger partial charge is 0.339 e. The molecule has 4 heterocycles. The topological polar surface area (TPSA) is 57.4 Å². The fraction of sp³-hybridized carbons (Fsp3) is 0.857. The van der Waals surface area contributed by atoms with Gasteiger partial charge in [-0.2, -0.15) is 4.98 Å². The van der Waals surface area contributed by atoms with Crippen molar-refractivity contribution in [3.8, 4) is 0 Å². The van der Waals surface area contributed by atoms with E-state index in [4.69, 9.17) is 4.52 Å². The number of hydrogen-bond donors (Lipinski definition) is 1. The average Bonchev–Trinajstić information content (AvgIpc) is 2.97. The summed E-state index contributed by atoms with van der Waals surface area (Å²) >= 11 is 0. The summed E-state index contributed by atoms with van der Waals surface area (Å²) in [6, 6.07) is 0.664. The maximum absolute atomic E-state index is 5.51. The average molecular weight is 279 g/mol. The molecule has 3 saturated heterocycles. The number of piperazine rings is 3. The van der Waals surface area contributed by atoms with Crippen LogP contribution in [-0.2, 0) is 0 Å². The molecule has 3 fully saturated rings. The molecule has 1 aromatic rings. The summed E-state index contributed by atoms with van der Waals surface area (Å²) in [7, 11) is 0. The van der Waals surface area contributed by atoms with Gasteiger partial charge in [0.05, 0.1) is 12.0 Å². The van der Waals surface area contributed by atoms with Gasteiger partial charge in [-0.1, -0.05) is 19.0 Å². The van der Waals surface area contributed by atoms with E-state index in [2.05, 4.69) is 46.0 Å². The molecule has 3 aliphatic rings. The van der Waals surface area contributed by atoms with Gasteiger partial charge in [-0.15, -0.1) is 0 Å². The first kappa shape index (κ1) is 14.0. The zero-order chi connectivity index (χ0) is 14.1. The lowest BCUT2D eigenvalue weighted by molar-refractivity contribution is 0.00781. The van der Waals surface area contributed by atoms with Crippen molar-refractivity contribution in [3.05, 3.63) is 11.7 Å². The predicted molar refractivity (Wildman–Crippen MR) is 76.6 cm³/mol. The van der Waals surface area contributed by atoms with Crippen molar-refractivity contribution in [1.29, 1.82) is 0 Å². The zero-order valence-electron chi connectivity index (χ0n) is 12.7. The quantitative estimate of drug-likeness (QED) is 0.862. The zero-order valence-corrected chi connectivity index (χ0v) is 12.7. The predicted octanol–water partition coefficient (Wildman–Crippen LogP) is 0.843. The van der Waals surface area contributed by atoms with Crippen LogP contribution in [0, 0.1) is 0 Å². The highest BCUT2D eigenvalue weighted by Gasteiger charge is 2.36. The van der Waals surface area contributed by atoms with Crippen LogP contribution in [0.5, 0.6) is 0 Å². The van der Waals surface area contributed by atoms with Crippen molar-refractivity contribution in [1.82, 2.24) is 25.3 Å². The summed E-state index contributed by atoms with van der Waals surface area (Å²) < 4.78 is 5.51. The van der Waals surface area contributed by atoms with Gasteiger partial charge in [0, 0.05) is 38.8 Å². The number of nitrogens with zero attached hydrogens (tertiary/aromatic N) is 4. The first-order valence-corrected chi connectivity index (χ1v) is 7.72. The molecular formula is C14H25N5O. The van der Waals surface area contributed by atoms with Crippen LogP contribution >= 0.6 is 0 Å². The molecule has 2 bridgehead atoms.